The Labute approximate surface area is 97.3 Å². The Balaban J connectivity index is 2.09. The van der Waals surface area contributed by atoms with Gasteiger partial charge in [0.15, 0.2) is 0 Å². The van der Waals surface area contributed by atoms with E-state index in [1.807, 2.05) is 30.3 Å². The number of aliphatic hydroxyl groups excluding tert-OH is 1. The molecule has 0 spiro atoms. The van der Waals surface area contributed by atoms with Crippen LogP contribution in [-0.2, 0) is 6.54 Å². The molecular formula is C12H12F2N2O. The lowest BCUT2D eigenvalue weighted by molar-refractivity contribution is -0.00582. The van der Waals surface area contributed by atoms with E-state index in [0.29, 0.717) is 6.54 Å². The molecule has 90 valence electrons. The van der Waals surface area contributed by atoms with Crippen LogP contribution in [0.4, 0.5) is 8.78 Å². The van der Waals surface area contributed by atoms with Crippen LogP contribution in [0.3, 0.4) is 0 Å². The van der Waals surface area contributed by atoms with Crippen molar-refractivity contribution in [1.29, 1.82) is 0 Å². The van der Waals surface area contributed by atoms with Gasteiger partial charge in [-0.05, 0) is 5.56 Å². The van der Waals surface area contributed by atoms with Crippen LogP contribution in [-0.4, -0.2) is 21.3 Å². The number of rotatable bonds is 4. The number of aromatic nitrogens is 2. The van der Waals surface area contributed by atoms with Crippen LogP contribution in [0.5, 0.6) is 0 Å². The van der Waals surface area contributed by atoms with Gasteiger partial charge in [0, 0.05) is 11.8 Å². The summed E-state index contributed by atoms with van der Waals surface area (Å²) in [5.41, 5.74) is 1.16. The number of aliphatic hydroxyl groups is 1. The fraction of sp³-hybridized carbons (Fsp3) is 0.250. The highest BCUT2D eigenvalue weighted by Crippen LogP contribution is 2.19. The zero-order valence-corrected chi connectivity index (χ0v) is 9.00. The SMILES string of the molecule is OC(c1cnn(Cc2ccccc2)c1)C(F)F. The van der Waals surface area contributed by atoms with Crippen molar-refractivity contribution in [2.45, 2.75) is 19.1 Å². The molecule has 1 aromatic carbocycles. The average molecular weight is 238 g/mol. The van der Waals surface area contributed by atoms with Crippen molar-refractivity contribution in [1.82, 2.24) is 9.78 Å². The molecule has 0 saturated carbocycles. The largest absolute Gasteiger partial charge is 0.382 e. The van der Waals surface area contributed by atoms with Crippen molar-refractivity contribution in [3.05, 3.63) is 53.9 Å². The molecule has 1 atom stereocenters. The summed E-state index contributed by atoms with van der Waals surface area (Å²) in [6.45, 7) is 0.497. The summed E-state index contributed by atoms with van der Waals surface area (Å²) in [5.74, 6) is 0. The van der Waals surface area contributed by atoms with Gasteiger partial charge in [-0.15, -0.1) is 0 Å². The van der Waals surface area contributed by atoms with E-state index in [1.165, 1.54) is 17.1 Å². The maximum absolute atomic E-state index is 12.3. The van der Waals surface area contributed by atoms with E-state index in [2.05, 4.69) is 5.10 Å². The molecule has 0 amide bonds. The van der Waals surface area contributed by atoms with E-state index in [4.69, 9.17) is 0 Å². The van der Waals surface area contributed by atoms with Crippen LogP contribution < -0.4 is 0 Å². The molecule has 1 unspecified atom stereocenters. The molecule has 2 aromatic rings. The maximum atomic E-state index is 12.3. The molecule has 0 bridgehead atoms. The third-order valence-electron chi connectivity index (χ3n) is 2.42. The van der Waals surface area contributed by atoms with Crippen LogP contribution in [0.2, 0.25) is 0 Å². The molecule has 3 nitrogen and oxygen atoms in total. The molecule has 1 N–H and O–H groups in total. The summed E-state index contributed by atoms with van der Waals surface area (Å²) in [6, 6.07) is 9.54. The van der Waals surface area contributed by atoms with Crippen molar-refractivity contribution in [2.75, 3.05) is 0 Å². The molecule has 0 aliphatic carbocycles. The number of hydrogen-bond donors (Lipinski definition) is 1. The third kappa shape index (κ3) is 2.88. The molecular weight excluding hydrogens is 226 g/mol. The third-order valence-corrected chi connectivity index (χ3v) is 2.42. The minimum absolute atomic E-state index is 0.135. The van der Waals surface area contributed by atoms with Gasteiger partial charge in [-0.2, -0.15) is 5.10 Å². The van der Waals surface area contributed by atoms with Crippen LogP contribution in [0.25, 0.3) is 0 Å². The second-order valence-electron chi connectivity index (χ2n) is 3.74. The van der Waals surface area contributed by atoms with Crippen LogP contribution >= 0.6 is 0 Å². The first-order valence-electron chi connectivity index (χ1n) is 5.19. The molecule has 0 aliphatic heterocycles. The smallest absolute Gasteiger partial charge is 0.268 e. The predicted molar refractivity (Wildman–Crippen MR) is 58.7 cm³/mol. The molecule has 1 heterocycles. The van der Waals surface area contributed by atoms with Crippen molar-refractivity contribution >= 4 is 0 Å². The average Bonchev–Trinajstić information content (AvgIpc) is 2.77. The molecule has 0 saturated heterocycles. The fourth-order valence-electron chi connectivity index (χ4n) is 1.53. The summed E-state index contributed by atoms with van der Waals surface area (Å²) in [7, 11) is 0. The Morgan fingerprint density at radius 3 is 2.59 bits per heavy atom. The maximum Gasteiger partial charge on any atom is 0.268 e. The lowest BCUT2D eigenvalue weighted by atomic mass is 10.2. The fourth-order valence-corrected chi connectivity index (χ4v) is 1.53. The summed E-state index contributed by atoms with van der Waals surface area (Å²) >= 11 is 0. The van der Waals surface area contributed by atoms with Gasteiger partial charge in [0.25, 0.3) is 6.43 Å². The molecule has 0 fully saturated rings. The minimum atomic E-state index is -2.79. The first kappa shape index (κ1) is 11.7. The van der Waals surface area contributed by atoms with Gasteiger partial charge < -0.3 is 5.11 Å². The van der Waals surface area contributed by atoms with Gasteiger partial charge in [0.05, 0.1) is 12.7 Å². The Hall–Kier alpha value is -1.75. The summed E-state index contributed by atoms with van der Waals surface area (Å²) in [6.07, 6.45) is -1.85. The summed E-state index contributed by atoms with van der Waals surface area (Å²) < 4.78 is 26.1. The quantitative estimate of drug-likeness (QED) is 0.887. The molecule has 0 aliphatic rings. The van der Waals surface area contributed by atoms with E-state index in [-0.39, 0.29) is 5.56 Å². The zero-order valence-electron chi connectivity index (χ0n) is 9.00. The monoisotopic (exact) mass is 238 g/mol. The predicted octanol–water partition coefficient (Wildman–Crippen LogP) is 2.23. The van der Waals surface area contributed by atoms with E-state index in [1.54, 1.807) is 0 Å². The van der Waals surface area contributed by atoms with Crippen molar-refractivity contribution < 1.29 is 13.9 Å². The second-order valence-corrected chi connectivity index (χ2v) is 3.74. The van der Waals surface area contributed by atoms with Crippen molar-refractivity contribution in [2.24, 2.45) is 0 Å². The van der Waals surface area contributed by atoms with E-state index in [9.17, 15) is 13.9 Å². The first-order chi connectivity index (χ1) is 8.16. The van der Waals surface area contributed by atoms with E-state index >= 15 is 0 Å². The Bertz CT molecular complexity index is 470. The Kier molecular flexibility index (Phi) is 3.49. The van der Waals surface area contributed by atoms with Crippen molar-refractivity contribution in [3.8, 4) is 0 Å². The number of hydrogen-bond acceptors (Lipinski definition) is 2. The normalized spacial score (nSPS) is 12.9. The van der Waals surface area contributed by atoms with E-state index < -0.39 is 12.5 Å². The lowest BCUT2D eigenvalue weighted by Gasteiger charge is -2.05. The standard InChI is InChI=1S/C12H12F2N2O/c13-12(14)11(17)10-6-15-16(8-10)7-9-4-2-1-3-5-9/h1-6,8,11-12,17H,7H2. The number of benzene rings is 1. The highest BCUT2D eigenvalue weighted by Gasteiger charge is 2.20. The van der Waals surface area contributed by atoms with Gasteiger partial charge in [0.1, 0.15) is 6.10 Å². The molecule has 2 rings (SSSR count). The van der Waals surface area contributed by atoms with Crippen LogP contribution in [0.15, 0.2) is 42.7 Å². The molecule has 0 radical (unpaired) electrons. The topological polar surface area (TPSA) is 38.1 Å². The van der Waals surface area contributed by atoms with Gasteiger partial charge in [-0.3, -0.25) is 4.68 Å². The second kappa shape index (κ2) is 5.05. The first-order valence-corrected chi connectivity index (χ1v) is 5.19. The molecule has 17 heavy (non-hydrogen) atoms. The Morgan fingerprint density at radius 2 is 1.94 bits per heavy atom. The van der Waals surface area contributed by atoms with Gasteiger partial charge in [-0.25, -0.2) is 8.78 Å². The lowest BCUT2D eigenvalue weighted by Crippen LogP contribution is -2.07. The highest BCUT2D eigenvalue weighted by atomic mass is 19.3. The highest BCUT2D eigenvalue weighted by molar-refractivity contribution is 5.16. The van der Waals surface area contributed by atoms with Gasteiger partial charge >= 0.3 is 0 Å². The summed E-state index contributed by atoms with van der Waals surface area (Å²) in [5, 5.41) is 13.1. The number of nitrogens with zero attached hydrogens (tertiary/aromatic N) is 2. The minimum Gasteiger partial charge on any atom is -0.382 e. The van der Waals surface area contributed by atoms with Gasteiger partial charge in [0.2, 0.25) is 0 Å². The molecule has 1 aromatic heterocycles. The van der Waals surface area contributed by atoms with Crippen LogP contribution in [0, 0.1) is 0 Å². The van der Waals surface area contributed by atoms with E-state index in [0.717, 1.165) is 5.56 Å². The Morgan fingerprint density at radius 1 is 1.24 bits per heavy atom. The number of halogens is 2. The van der Waals surface area contributed by atoms with Crippen LogP contribution in [0.1, 0.15) is 17.2 Å². The van der Waals surface area contributed by atoms with Gasteiger partial charge in [-0.1, -0.05) is 30.3 Å². The zero-order chi connectivity index (χ0) is 12.3. The van der Waals surface area contributed by atoms with Crippen molar-refractivity contribution in [3.63, 3.8) is 0 Å². The molecule has 5 heteroatoms. The number of alkyl halides is 2. The summed E-state index contributed by atoms with van der Waals surface area (Å²) in [4.78, 5) is 0.